The van der Waals surface area contributed by atoms with Gasteiger partial charge in [0.2, 0.25) is 0 Å². The summed E-state index contributed by atoms with van der Waals surface area (Å²) in [6, 6.07) is 6.24. The van der Waals surface area contributed by atoms with E-state index in [0.29, 0.717) is 0 Å². The Morgan fingerprint density at radius 3 is 2.69 bits per heavy atom. The van der Waals surface area contributed by atoms with E-state index < -0.39 is 0 Å². The van der Waals surface area contributed by atoms with E-state index in [2.05, 4.69) is 5.10 Å². The first-order valence-electron chi connectivity index (χ1n) is 5.15. The molecule has 2 aromatic rings. The molecule has 0 saturated heterocycles. The number of aromatic nitrogens is 2. The molecule has 16 heavy (non-hydrogen) atoms. The Kier molecular flexibility index (Phi) is 2.75. The van der Waals surface area contributed by atoms with E-state index in [1.807, 2.05) is 26.1 Å². The van der Waals surface area contributed by atoms with Crippen LogP contribution in [0.4, 0.5) is 4.39 Å². The topological polar surface area (TPSA) is 43.8 Å². The Hall–Kier alpha value is -1.68. The minimum atomic E-state index is -0.278. The van der Waals surface area contributed by atoms with Crippen molar-refractivity contribution in [2.75, 3.05) is 0 Å². The van der Waals surface area contributed by atoms with Gasteiger partial charge in [-0.15, -0.1) is 0 Å². The highest BCUT2D eigenvalue weighted by Crippen LogP contribution is 2.21. The minimum Gasteiger partial charge on any atom is -0.324 e. The third-order valence-electron chi connectivity index (χ3n) is 2.45. The molecular formula is C12H14FN3. The minimum absolute atomic E-state index is 0.227. The Labute approximate surface area is 93.7 Å². The second kappa shape index (κ2) is 4.06. The molecule has 1 unspecified atom stereocenters. The first kappa shape index (κ1) is 10.8. The van der Waals surface area contributed by atoms with E-state index in [-0.39, 0.29) is 11.9 Å². The molecule has 3 nitrogen and oxygen atoms in total. The molecule has 0 aliphatic rings. The van der Waals surface area contributed by atoms with E-state index >= 15 is 0 Å². The molecule has 0 bridgehead atoms. The fraction of sp³-hybridized carbons (Fsp3) is 0.250. The maximum absolute atomic E-state index is 13.1. The van der Waals surface area contributed by atoms with E-state index in [4.69, 9.17) is 5.73 Å². The maximum Gasteiger partial charge on any atom is 0.123 e. The van der Waals surface area contributed by atoms with Gasteiger partial charge in [-0.2, -0.15) is 5.10 Å². The predicted molar refractivity (Wildman–Crippen MR) is 60.9 cm³/mol. The van der Waals surface area contributed by atoms with Crippen LogP contribution in [-0.4, -0.2) is 9.78 Å². The van der Waals surface area contributed by atoms with Gasteiger partial charge in [-0.25, -0.2) is 9.07 Å². The molecule has 2 rings (SSSR count). The van der Waals surface area contributed by atoms with Crippen molar-refractivity contribution in [3.63, 3.8) is 0 Å². The second-order valence-corrected chi connectivity index (χ2v) is 3.89. The lowest BCUT2D eigenvalue weighted by molar-refractivity contribution is 0.620. The van der Waals surface area contributed by atoms with Crippen LogP contribution in [0.1, 0.15) is 24.2 Å². The fourth-order valence-corrected chi connectivity index (χ4v) is 1.65. The molecule has 0 saturated carbocycles. The highest BCUT2D eigenvalue weighted by Gasteiger charge is 2.10. The van der Waals surface area contributed by atoms with Crippen molar-refractivity contribution < 1.29 is 4.39 Å². The van der Waals surface area contributed by atoms with Gasteiger partial charge < -0.3 is 5.73 Å². The van der Waals surface area contributed by atoms with Crippen LogP contribution in [0.25, 0.3) is 5.69 Å². The number of nitrogens with two attached hydrogens (primary N) is 1. The van der Waals surface area contributed by atoms with Gasteiger partial charge in [0.05, 0.1) is 11.4 Å². The van der Waals surface area contributed by atoms with Crippen molar-refractivity contribution in [2.45, 2.75) is 19.9 Å². The van der Waals surface area contributed by atoms with Gasteiger partial charge in [0.1, 0.15) is 5.82 Å². The lowest BCUT2D eigenvalue weighted by Crippen LogP contribution is -2.10. The second-order valence-electron chi connectivity index (χ2n) is 3.89. The normalized spacial score (nSPS) is 12.8. The van der Waals surface area contributed by atoms with Crippen LogP contribution >= 0.6 is 0 Å². The predicted octanol–water partition coefficient (Wildman–Crippen LogP) is 2.34. The summed E-state index contributed by atoms with van der Waals surface area (Å²) in [5.41, 5.74) is 8.31. The van der Waals surface area contributed by atoms with Crippen LogP contribution in [0.3, 0.4) is 0 Å². The summed E-state index contributed by atoms with van der Waals surface area (Å²) in [6.07, 6.45) is 1.84. The van der Waals surface area contributed by atoms with E-state index in [1.54, 1.807) is 10.7 Å². The molecule has 0 aliphatic carbocycles. The highest BCUT2D eigenvalue weighted by molar-refractivity contribution is 5.42. The van der Waals surface area contributed by atoms with Gasteiger partial charge in [0.25, 0.3) is 0 Å². The standard InChI is InChI=1S/C12H14FN3/c1-8-5-6-16(15-8)12-4-3-10(13)7-11(12)9(2)14/h3-7,9H,14H2,1-2H3. The smallest absolute Gasteiger partial charge is 0.123 e. The van der Waals surface area contributed by atoms with Crippen LogP contribution in [-0.2, 0) is 0 Å². The molecule has 84 valence electrons. The molecule has 1 aromatic heterocycles. The van der Waals surface area contributed by atoms with Crippen molar-refractivity contribution >= 4 is 0 Å². The summed E-state index contributed by atoms with van der Waals surface area (Å²) >= 11 is 0. The fourth-order valence-electron chi connectivity index (χ4n) is 1.65. The van der Waals surface area contributed by atoms with Crippen LogP contribution in [0.15, 0.2) is 30.5 Å². The first-order chi connectivity index (χ1) is 7.58. The number of rotatable bonds is 2. The Balaban J connectivity index is 2.56. The lowest BCUT2D eigenvalue weighted by atomic mass is 10.1. The summed E-state index contributed by atoms with van der Waals surface area (Å²) in [4.78, 5) is 0. The van der Waals surface area contributed by atoms with Crippen LogP contribution in [0.5, 0.6) is 0 Å². The van der Waals surface area contributed by atoms with Crippen LogP contribution in [0, 0.1) is 12.7 Å². The quantitative estimate of drug-likeness (QED) is 0.842. The molecule has 1 atom stereocenters. The van der Waals surface area contributed by atoms with Gasteiger partial charge in [-0.1, -0.05) is 0 Å². The van der Waals surface area contributed by atoms with Crippen LogP contribution < -0.4 is 5.73 Å². The molecule has 0 spiro atoms. The van der Waals surface area contributed by atoms with Crippen molar-refractivity contribution in [3.8, 4) is 5.69 Å². The number of nitrogens with zero attached hydrogens (tertiary/aromatic N) is 2. The summed E-state index contributed by atoms with van der Waals surface area (Å²) in [7, 11) is 0. The monoisotopic (exact) mass is 219 g/mol. The zero-order valence-electron chi connectivity index (χ0n) is 9.31. The Morgan fingerprint density at radius 1 is 1.38 bits per heavy atom. The van der Waals surface area contributed by atoms with Gasteiger partial charge in [-0.3, -0.25) is 0 Å². The number of aryl methyl sites for hydroxylation is 1. The summed E-state index contributed by atoms with van der Waals surface area (Å²) in [5.74, 6) is -0.278. The molecule has 2 N–H and O–H groups in total. The van der Waals surface area contributed by atoms with E-state index in [9.17, 15) is 4.39 Å². The SMILES string of the molecule is Cc1ccn(-c2ccc(F)cc2C(C)N)n1. The van der Waals surface area contributed by atoms with E-state index in [1.165, 1.54) is 12.1 Å². The average Bonchev–Trinajstić information content (AvgIpc) is 2.64. The van der Waals surface area contributed by atoms with Gasteiger partial charge in [0.15, 0.2) is 0 Å². The largest absolute Gasteiger partial charge is 0.324 e. The van der Waals surface area contributed by atoms with Gasteiger partial charge in [-0.05, 0) is 43.7 Å². The van der Waals surface area contributed by atoms with E-state index in [0.717, 1.165) is 16.9 Å². The number of hydrogen-bond donors (Lipinski definition) is 1. The van der Waals surface area contributed by atoms with Crippen molar-refractivity contribution in [1.82, 2.24) is 9.78 Å². The highest BCUT2D eigenvalue weighted by atomic mass is 19.1. The molecule has 0 aliphatic heterocycles. The summed E-state index contributed by atoms with van der Waals surface area (Å²) in [6.45, 7) is 3.74. The number of hydrogen-bond acceptors (Lipinski definition) is 2. The van der Waals surface area contributed by atoms with Crippen LogP contribution in [0.2, 0.25) is 0 Å². The molecule has 1 aromatic carbocycles. The molecule has 0 amide bonds. The zero-order valence-corrected chi connectivity index (χ0v) is 9.31. The third kappa shape index (κ3) is 1.97. The molecule has 0 fully saturated rings. The maximum atomic E-state index is 13.1. The number of benzene rings is 1. The Morgan fingerprint density at radius 2 is 2.12 bits per heavy atom. The Bertz CT molecular complexity index is 503. The summed E-state index contributed by atoms with van der Waals surface area (Å²) < 4.78 is 14.9. The summed E-state index contributed by atoms with van der Waals surface area (Å²) in [5, 5.41) is 4.29. The average molecular weight is 219 g/mol. The zero-order chi connectivity index (χ0) is 11.7. The van der Waals surface area contributed by atoms with Crippen molar-refractivity contribution in [3.05, 3.63) is 47.5 Å². The van der Waals surface area contributed by atoms with Gasteiger partial charge in [0, 0.05) is 12.2 Å². The van der Waals surface area contributed by atoms with Crippen molar-refractivity contribution in [2.24, 2.45) is 5.73 Å². The molecule has 1 heterocycles. The molecule has 4 heteroatoms. The van der Waals surface area contributed by atoms with Gasteiger partial charge >= 0.3 is 0 Å². The number of halogens is 1. The third-order valence-corrected chi connectivity index (χ3v) is 2.45. The van der Waals surface area contributed by atoms with Crippen molar-refractivity contribution in [1.29, 1.82) is 0 Å². The lowest BCUT2D eigenvalue weighted by Gasteiger charge is -2.12. The molecule has 0 radical (unpaired) electrons. The molecular weight excluding hydrogens is 205 g/mol. The first-order valence-corrected chi connectivity index (χ1v) is 5.15.